The number of hydrogen-bond donors (Lipinski definition) is 9. The normalized spacial score (nSPS) is 47.5. The van der Waals surface area contributed by atoms with Gasteiger partial charge in [-0.2, -0.15) is 0 Å². The summed E-state index contributed by atoms with van der Waals surface area (Å²) in [5.41, 5.74) is 1.89. The largest absolute Gasteiger partial charge is 0.390 e. The van der Waals surface area contributed by atoms with Gasteiger partial charge in [-0.1, -0.05) is 52.3 Å². The molecule has 2 aliphatic heterocycles. The number of rotatable bonds is 15. The topological polar surface area (TPSA) is 237 Å². The third kappa shape index (κ3) is 8.07. The predicted molar refractivity (Wildman–Crippen MR) is 204 cm³/mol. The number of fused-ring (bicyclic) bond motifs is 4. The van der Waals surface area contributed by atoms with Crippen molar-refractivity contribution in [3.05, 3.63) is 23.3 Å². The molecular weight excluding hydrogens is 744 g/mol. The van der Waals surface area contributed by atoms with Crippen molar-refractivity contribution in [2.75, 3.05) is 27.4 Å². The molecule has 0 aromatic carbocycles. The van der Waals surface area contributed by atoms with Gasteiger partial charge in [0.15, 0.2) is 12.6 Å². The Hall–Kier alpha value is -1.12. The van der Waals surface area contributed by atoms with Crippen molar-refractivity contribution in [2.45, 2.75) is 171 Å². The predicted octanol–water partition coefficient (Wildman–Crippen LogP) is 0.539. The summed E-state index contributed by atoms with van der Waals surface area (Å²) in [6, 6.07) is 0. The first-order chi connectivity index (χ1) is 26.8. The van der Waals surface area contributed by atoms with Crippen LogP contribution in [0.25, 0.3) is 0 Å². The summed E-state index contributed by atoms with van der Waals surface area (Å²) in [5, 5.41) is 100. The Labute approximate surface area is 336 Å². The van der Waals surface area contributed by atoms with Crippen LogP contribution >= 0.6 is 0 Å². The van der Waals surface area contributed by atoms with Crippen LogP contribution in [0.2, 0.25) is 0 Å². The van der Waals surface area contributed by atoms with Gasteiger partial charge in [-0.05, 0) is 85.0 Å². The third-order valence-corrected chi connectivity index (χ3v) is 15.1. The van der Waals surface area contributed by atoms with E-state index in [9.17, 15) is 46.0 Å². The monoisotopic (exact) mass is 814 g/mol. The highest BCUT2D eigenvalue weighted by Gasteiger charge is 2.65. The highest BCUT2D eigenvalue weighted by Crippen LogP contribution is 2.66. The molecule has 6 rings (SSSR count). The van der Waals surface area contributed by atoms with Gasteiger partial charge in [-0.3, -0.25) is 0 Å². The van der Waals surface area contributed by atoms with E-state index in [-0.39, 0.29) is 31.0 Å². The van der Waals surface area contributed by atoms with Gasteiger partial charge in [0.05, 0.1) is 37.6 Å². The zero-order chi connectivity index (χ0) is 41.9. The Morgan fingerprint density at radius 1 is 0.789 bits per heavy atom. The number of hydrogen-bond acceptors (Lipinski definition) is 15. The van der Waals surface area contributed by atoms with Gasteiger partial charge < -0.3 is 74.4 Å². The second-order valence-electron chi connectivity index (χ2n) is 18.8. The van der Waals surface area contributed by atoms with E-state index in [0.29, 0.717) is 31.6 Å². The minimum absolute atomic E-state index is 0.0743. The fourth-order valence-electron chi connectivity index (χ4n) is 11.8. The van der Waals surface area contributed by atoms with Gasteiger partial charge in [0.1, 0.15) is 54.9 Å². The molecule has 2 heterocycles. The van der Waals surface area contributed by atoms with E-state index in [2.05, 4.69) is 41.2 Å². The average molecular weight is 815 g/mol. The zero-order valence-electron chi connectivity index (χ0n) is 34.6. The van der Waals surface area contributed by atoms with E-state index in [1.807, 2.05) is 0 Å². The zero-order valence-corrected chi connectivity index (χ0v) is 34.6. The molecule has 9 N–H and O–H groups in total. The van der Waals surface area contributed by atoms with Crippen LogP contribution in [0.1, 0.15) is 79.6 Å². The molecule has 0 bridgehead atoms. The maximum absolute atomic E-state index is 12.0. The van der Waals surface area contributed by atoms with E-state index < -0.39 is 109 Å². The SMILES string of the molecule is C=C(CC[C@@H](C)[C@H]1[C@H](O[C@@H]2O[C@@H]([C@@H](O)COC)[C@H](O[C@@H]3O[C@@H]([C@@H](O)COC)[C@H](O)[C@H]3O)[C@H]2O)CC2=C3[C@@H](O)[C@@H](O)[C@H]4[C@@H](O)[C@@H](O)CC[C@]4(C)[C@H]3CC[C@@]21C)C(C)C. The van der Waals surface area contributed by atoms with E-state index in [1.165, 1.54) is 14.2 Å². The minimum atomic E-state index is -1.61. The molecule has 0 spiro atoms. The summed E-state index contributed by atoms with van der Waals surface area (Å²) in [5.74, 6) is -0.585. The smallest absolute Gasteiger partial charge is 0.187 e. The second-order valence-corrected chi connectivity index (χ2v) is 18.8. The molecule has 0 unspecified atom stereocenters. The molecule has 0 radical (unpaired) electrons. The number of allylic oxidation sites excluding steroid dienone is 1. The van der Waals surface area contributed by atoms with E-state index in [0.717, 1.165) is 36.0 Å². The summed E-state index contributed by atoms with van der Waals surface area (Å²) >= 11 is 0. The van der Waals surface area contributed by atoms with Crippen LogP contribution in [0, 0.1) is 40.4 Å². The highest BCUT2D eigenvalue weighted by atomic mass is 16.8. The van der Waals surface area contributed by atoms with Gasteiger partial charge in [-0.25, -0.2) is 0 Å². The van der Waals surface area contributed by atoms with Gasteiger partial charge >= 0.3 is 0 Å². The lowest BCUT2D eigenvalue weighted by Crippen LogP contribution is -2.63. The van der Waals surface area contributed by atoms with Gasteiger partial charge in [-0.15, -0.1) is 0 Å². The van der Waals surface area contributed by atoms with Crippen molar-refractivity contribution < 1.29 is 74.4 Å². The lowest BCUT2D eigenvalue weighted by Gasteiger charge is -2.60. The Kier molecular flexibility index (Phi) is 14.1. The van der Waals surface area contributed by atoms with Gasteiger partial charge in [0, 0.05) is 20.1 Å². The number of methoxy groups -OCH3 is 2. The van der Waals surface area contributed by atoms with Crippen LogP contribution in [0.3, 0.4) is 0 Å². The van der Waals surface area contributed by atoms with Crippen molar-refractivity contribution in [1.82, 2.24) is 0 Å². The van der Waals surface area contributed by atoms with Crippen LogP contribution in [-0.2, 0) is 28.4 Å². The van der Waals surface area contributed by atoms with Crippen LogP contribution in [0.15, 0.2) is 23.3 Å². The molecular formula is C42H70O15. The summed E-state index contributed by atoms with van der Waals surface area (Å²) in [6.07, 6.45) is -14.6. The summed E-state index contributed by atoms with van der Waals surface area (Å²) in [4.78, 5) is 0. The van der Waals surface area contributed by atoms with Crippen LogP contribution in [0.4, 0.5) is 0 Å². The Bertz CT molecular complexity index is 1430. The second kappa shape index (κ2) is 17.7. The number of aliphatic hydroxyl groups is 9. The number of aliphatic hydroxyl groups excluding tert-OH is 9. The van der Waals surface area contributed by atoms with Crippen molar-refractivity contribution in [2.24, 2.45) is 40.4 Å². The minimum Gasteiger partial charge on any atom is -0.390 e. The molecule has 2 saturated heterocycles. The molecule has 15 nitrogen and oxygen atoms in total. The fraction of sp³-hybridized carbons (Fsp3) is 0.905. The molecule has 15 heteroatoms. The van der Waals surface area contributed by atoms with Gasteiger partial charge in [0.25, 0.3) is 0 Å². The molecule has 4 aliphatic carbocycles. The van der Waals surface area contributed by atoms with Crippen molar-refractivity contribution in [1.29, 1.82) is 0 Å². The highest BCUT2D eigenvalue weighted by molar-refractivity contribution is 5.40. The van der Waals surface area contributed by atoms with Gasteiger partial charge in [0.2, 0.25) is 0 Å². The van der Waals surface area contributed by atoms with Crippen LogP contribution < -0.4 is 0 Å². The van der Waals surface area contributed by atoms with Crippen molar-refractivity contribution in [3.63, 3.8) is 0 Å². The average Bonchev–Trinajstić information content (AvgIpc) is 3.74. The van der Waals surface area contributed by atoms with Crippen LogP contribution in [0.5, 0.6) is 0 Å². The fourth-order valence-corrected chi connectivity index (χ4v) is 11.8. The lowest BCUT2D eigenvalue weighted by atomic mass is 9.47. The van der Waals surface area contributed by atoms with Crippen molar-refractivity contribution >= 4 is 0 Å². The number of ether oxygens (including phenoxy) is 6. The molecule has 0 aromatic rings. The quantitative estimate of drug-likeness (QED) is 0.103. The first kappa shape index (κ1) is 45.4. The first-order valence-electron chi connectivity index (χ1n) is 21.0. The maximum Gasteiger partial charge on any atom is 0.187 e. The molecule has 0 amide bonds. The summed E-state index contributed by atoms with van der Waals surface area (Å²) < 4.78 is 35.1. The summed E-state index contributed by atoms with van der Waals surface area (Å²) in [6.45, 7) is 14.6. The molecule has 328 valence electrons. The Morgan fingerprint density at radius 2 is 1.40 bits per heavy atom. The lowest BCUT2D eigenvalue weighted by molar-refractivity contribution is -0.226. The Balaban J connectivity index is 1.32. The first-order valence-corrected chi connectivity index (χ1v) is 21.0. The summed E-state index contributed by atoms with van der Waals surface area (Å²) in [7, 11) is 2.77. The molecule has 5 fully saturated rings. The van der Waals surface area contributed by atoms with E-state index >= 15 is 0 Å². The molecule has 6 aliphatic rings. The Morgan fingerprint density at radius 3 is 2.04 bits per heavy atom. The van der Waals surface area contributed by atoms with Crippen molar-refractivity contribution in [3.8, 4) is 0 Å². The molecule has 0 aromatic heterocycles. The van der Waals surface area contributed by atoms with Crippen LogP contribution in [-0.4, -0.2) is 165 Å². The van der Waals surface area contributed by atoms with E-state index in [4.69, 9.17) is 28.4 Å². The third-order valence-electron chi connectivity index (χ3n) is 15.1. The molecule has 3 saturated carbocycles. The molecule has 21 atom stereocenters. The standard InChI is InChI=1S/C42H70O15/c1-18(2)19(3)9-10-20(4)28-26(15-22-27-21(11-13-42(22,28)6)41(5)14-12-23(43)30(46)29(41)32(48)31(27)47)54-40-35(51)38(37(56-40)25(45)17-53-8)57-39-34(50)33(49)36(55-39)24(44)16-52-7/h18,20-21,23-26,28-40,43-51H,3,9-17H2,1-2,4-8H3/t20-,21+,23+,24+,25+,26-,28+,29-,30+,31-,32+,33-,34-,35-,36+,37+,38-,39+,40-,41-,42+/m1/s1. The maximum atomic E-state index is 12.0. The van der Waals surface area contributed by atoms with E-state index in [1.54, 1.807) is 0 Å². The molecule has 57 heavy (non-hydrogen) atoms.